The zero-order valence-electron chi connectivity index (χ0n) is 12.8. The molecule has 0 saturated carbocycles. The van der Waals surface area contributed by atoms with Crippen molar-refractivity contribution in [1.29, 1.82) is 0 Å². The molecule has 0 aliphatic rings. The fraction of sp³-hybridized carbons (Fsp3) is 0.353. The number of benzene rings is 1. The highest BCUT2D eigenvalue weighted by Gasteiger charge is 2.13. The van der Waals surface area contributed by atoms with Gasteiger partial charge in [-0.05, 0) is 35.2 Å². The summed E-state index contributed by atoms with van der Waals surface area (Å²) in [6, 6.07) is 11.7. The van der Waals surface area contributed by atoms with Crippen LogP contribution in [0.3, 0.4) is 0 Å². The van der Waals surface area contributed by atoms with E-state index in [9.17, 15) is 4.79 Å². The molecule has 0 bridgehead atoms. The van der Waals surface area contributed by atoms with Crippen molar-refractivity contribution in [2.75, 3.05) is 11.9 Å². The van der Waals surface area contributed by atoms with E-state index in [4.69, 9.17) is 4.42 Å². The lowest BCUT2D eigenvalue weighted by Gasteiger charge is -2.19. The third-order valence-electron chi connectivity index (χ3n) is 3.20. The predicted molar refractivity (Wildman–Crippen MR) is 84.2 cm³/mol. The summed E-state index contributed by atoms with van der Waals surface area (Å²) >= 11 is 0. The Labute approximate surface area is 125 Å². The number of anilines is 1. The number of carbonyl (C=O) groups is 1. The normalized spacial score (nSPS) is 11.4. The standard InChI is InChI=1S/C17H22N2O2/c1-17(2,3)13-6-8-14(9-7-13)19-16(20)12-18-11-15-5-4-10-21-15/h4-10,18H,11-12H2,1-3H3,(H,19,20). The highest BCUT2D eigenvalue weighted by Crippen LogP contribution is 2.23. The molecule has 1 heterocycles. The van der Waals surface area contributed by atoms with E-state index in [2.05, 4.69) is 31.4 Å². The quantitative estimate of drug-likeness (QED) is 0.886. The van der Waals surface area contributed by atoms with Crippen LogP contribution in [0.5, 0.6) is 0 Å². The van der Waals surface area contributed by atoms with Gasteiger partial charge in [0.15, 0.2) is 0 Å². The van der Waals surface area contributed by atoms with Crippen molar-refractivity contribution in [2.24, 2.45) is 0 Å². The molecule has 0 fully saturated rings. The summed E-state index contributed by atoms with van der Waals surface area (Å²) in [6.07, 6.45) is 1.62. The molecule has 4 heteroatoms. The van der Waals surface area contributed by atoms with Gasteiger partial charge in [-0.1, -0.05) is 32.9 Å². The Morgan fingerprint density at radius 1 is 1.14 bits per heavy atom. The van der Waals surface area contributed by atoms with Crippen LogP contribution in [-0.2, 0) is 16.8 Å². The molecule has 0 radical (unpaired) electrons. The van der Waals surface area contributed by atoms with Crippen LogP contribution in [-0.4, -0.2) is 12.5 Å². The van der Waals surface area contributed by atoms with Gasteiger partial charge in [0.1, 0.15) is 5.76 Å². The summed E-state index contributed by atoms with van der Waals surface area (Å²) in [5.41, 5.74) is 2.18. The van der Waals surface area contributed by atoms with Gasteiger partial charge >= 0.3 is 0 Å². The van der Waals surface area contributed by atoms with Crippen LogP contribution in [0.4, 0.5) is 5.69 Å². The smallest absolute Gasteiger partial charge is 0.238 e. The van der Waals surface area contributed by atoms with E-state index in [0.717, 1.165) is 11.4 Å². The average Bonchev–Trinajstić information content (AvgIpc) is 2.91. The molecule has 2 rings (SSSR count). The van der Waals surface area contributed by atoms with E-state index in [1.165, 1.54) is 5.56 Å². The van der Waals surface area contributed by atoms with Crippen LogP contribution in [0.1, 0.15) is 32.1 Å². The van der Waals surface area contributed by atoms with Gasteiger partial charge in [0.05, 0.1) is 19.4 Å². The molecule has 0 unspecified atom stereocenters. The highest BCUT2D eigenvalue weighted by molar-refractivity contribution is 5.92. The molecule has 2 N–H and O–H groups in total. The van der Waals surface area contributed by atoms with Crippen LogP contribution >= 0.6 is 0 Å². The summed E-state index contributed by atoms with van der Waals surface area (Å²) < 4.78 is 5.18. The summed E-state index contributed by atoms with van der Waals surface area (Å²) in [5.74, 6) is 0.752. The van der Waals surface area contributed by atoms with Crippen molar-refractivity contribution in [3.63, 3.8) is 0 Å². The van der Waals surface area contributed by atoms with Crippen LogP contribution in [0.25, 0.3) is 0 Å². The number of hydrogen-bond donors (Lipinski definition) is 2. The molecule has 112 valence electrons. The van der Waals surface area contributed by atoms with E-state index in [-0.39, 0.29) is 17.9 Å². The second kappa shape index (κ2) is 6.59. The average molecular weight is 286 g/mol. The van der Waals surface area contributed by atoms with Crippen molar-refractivity contribution in [1.82, 2.24) is 5.32 Å². The SMILES string of the molecule is CC(C)(C)c1ccc(NC(=O)CNCc2ccco2)cc1. The summed E-state index contributed by atoms with van der Waals surface area (Å²) in [5, 5.41) is 5.91. The third kappa shape index (κ3) is 4.76. The third-order valence-corrected chi connectivity index (χ3v) is 3.20. The maximum atomic E-state index is 11.8. The molecule has 4 nitrogen and oxygen atoms in total. The van der Waals surface area contributed by atoms with E-state index in [0.29, 0.717) is 6.54 Å². The summed E-state index contributed by atoms with van der Waals surface area (Å²) in [6.45, 7) is 7.29. The molecule has 1 amide bonds. The number of rotatable bonds is 5. The molecule has 0 aliphatic carbocycles. The monoisotopic (exact) mass is 286 g/mol. The van der Waals surface area contributed by atoms with Gasteiger partial charge in [-0.2, -0.15) is 0 Å². The van der Waals surface area contributed by atoms with Crippen molar-refractivity contribution in [3.8, 4) is 0 Å². The first-order chi connectivity index (χ1) is 9.95. The lowest BCUT2D eigenvalue weighted by Crippen LogP contribution is -2.27. The highest BCUT2D eigenvalue weighted by atomic mass is 16.3. The van der Waals surface area contributed by atoms with Crippen LogP contribution in [0.15, 0.2) is 47.1 Å². The Morgan fingerprint density at radius 2 is 1.86 bits per heavy atom. The Kier molecular flexibility index (Phi) is 4.81. The Morgan fingerprint density at radius 3 is 2.43 bits per heavy atom. The van der Waals surface area contributed by atoms with Gasteiger partial charge in [-0.25, -0.2) is 0 Å². The van der Waals surface area contributed by atoms with Gasteiger partial charge in [0.25, 0.3) is 0 Å². The number of nitrogens with one attached hydrogen (secondary N) is 2. The fourth-order valence-corrected chi connectivity index (χ4v) is 1.97. The molecule has 1 aromatic heterocycles. The van der Waals surface area contributed by atoms with E-state index in [1.807, 2.05) is 36.4 Å². The summed E-state index contributed by atoms with van der Waals surface area (Å²) in [4.78, 5) is 11.8. The van der Waals surface area contributed by atoms with E-state index >= 15 is 0 Å². The van der Waals surface area contributed by atoms with Gasteiger partial charge in [0.2, 0.25) is 5.91 Å². The molecule has 0 aliphatic heterocycles. The molecular weight excluding hydrogens is 264 g/mol. The molecule has 0 saturated heterocycles. The molecule has 1 aromatic carbocycles. The zero-order valence-corrected chi connectivity index (χ0v) is 12.8. The predicted octanol–water partition coefficient (Wildman–Crippen LogP) is 3.31. The van der Waals surface area contributed by atoms with Crippen molar-refractivity contribution in [2.45, 2.75) is 32.7 Å². The Balaban J connectivity index is 1.79. The van der Waals surface area contributed by atoms with Crippen molar-refractivity contribution < 1.29 is 9.21 Å². The minimum absolute atomic E-state index is 0.0648. The molecular formula is C17H22N2O2. The molecule has 2 aromatic rings. The first-order valence-corrected chi connectivity index (χ1v) is 7.08. The zero-order chi connectivity index (χ0) is 15.3. The van der Waals surface area contributed by atoms with Crippen molar-refractivity contribution >= 4 is 11.6 Å². The Bertz CT molecular complexity index is 566. The number of hydrogen-bond acceptors (Lipinski definition) is 3. The van der Waals surface area contributed by atoms with Crippen molar-refractivity contribution in [3.05, 3.63) is 54.0 Å². The largest absolute Gasteiger partial charge is 0.468 e. The molecule has 0 spiro atoms. The lowest BCUT2D eigenvalue weighted by molar-refractivity contribution is -0.115. The minimum atomic E-state index is -0.0648. The first-order valence-electron chi connectivity index (χ1n) is 7.08. The number of carbonyl (C=O) groups excluding carboxylic acids is 1. The van der Waals surface area contributed by atoms with Gasteiger partial charge < -0.3 is 15.1 Å². The first kappa shape index (κ1) is 15.3. The van der Waals surface area contributed by atoms with Crippen LogP contribution in [0, 0.1) is 0 Å². The number of furan rings is 1. The lowest BCUT2D eigenvalue weighted by atomic mass is 9.87. The van der Waals surface area contributed by atoms with Gasteiger partial charge in [-0.3, -0.25) is 4.79 Å². The van der Waals surface area contributed by atoms with E-state index in [1.54, 1.807) is 6.26 Å². The fourth-order valence-electron chi connectivity index (χ4n) is 1.97. The minimum Gasteiger partial charge on any atom is -0.468 e. The second-order valence-electron chi connectivity index (χ2n) is 6.06. The van der Waals surface area contributed by atoms with Gasteiger partial charge in [0, 0.05) is 5.69 Å². The van der Waals surface area contributed by atoms with E-state index < -0.39 is 0 Å². The molecule has 21 heavy (non-hydrogen) atoms. The summed E-state index contributed by atoms with van der Waals surface area (Å²) in [7, 11) is 0. The topological polar surface area (TPSA) is 54.3 Å². The van der Waals surface area contributed by atoms with Crippen LogP contribution < -0.4 is 10.6 Å². The van der Waals surface area contributed by atoms with Crippen LogP contribution in [0.2, 0.25) is 0 Å². The molecule has 0 atom stereocenters. The maximum absolute atomic E-state index is 11.8. The maximum Gasteiger partial charge on any atom is 0.238 e. The second-order valence-corrected chi connectivity index (χ2v) is 6.06. The Hall–Kier alpha value is -2.07. The number of amides is 1. The van der Waals surface area contributed by atoms with Gasteiger partial charge in [-0.15, -0.1) is 0 Å².